The van der Waals surface area contributed by atoms with Crippen LogP contribution in [0.5, 0.6) is 0 Å². The third-order valence-electron chi connectivity index (χ3n) is 1.80. The van der Waals surface area contributed by atoms with E-state index in [0.29, 0.717) is 0 Å². The molecule has 1 aliphatic rings. The van der Waals surface area contributed by atoms with Crippen LogP contribution in [-0.4, -0.2) is 28.9 Å². The fraction of sp³-hybridized carbons (Fsp3) is 0.846. The largest absolute Gasteiger partial charge is 0.444 e. The normalized spacial score (nSPS) is 37.6. The van der Waals surface area contributed by atoms with Crippen molar-refractivity contribution in [1.29, 1.82) is 5.26 Å². The molecule has 2 atom stereocenters. The standard InChI is InChI=1S/C13H22N2O3/c1-13(2,3)18-12(17)15-10(11(16)8-14)7-9-5-4-6-9/h9-11,16H,4-7H2,1-3H3,(H,15,17)/i4D2,5D2,6D2,7D2,9D. The molecule has 1 rings (SSSR count). The Labute approximate surface area is 121 Å². The maximum absolute atomic E-state index is 12.0. The second-order valence-electron chi connectivity index (χ2n) is 4.59. The first kappa shape index (κ1) is 6.25. The van der Waals surface area contributed by atoms with Gasteiger partial charge in [-0.3, -0.25) is 0 Å². The van der Waals surface area contributed by atoms with E-state index in [1.54, 1.807) is 0 Å². The van der Waals surface area contributed by atoms with Crippen LogP contribution in [0.4, 0.5) is 4.79 Å². The number of aliphatic hydroxyl groups is 1. The summed E-state index contributed by atoms with van der Waals surface area (Å²) in [5, 5.41) is 20.7. The number of rotatable bonds is 4. The smallest absolute Gasteiger partial charge is 0.407 e. The van der Waals surface area contributed by atoms with Crippen LogP contribution >= 0.6 is 0 Å². The van der Waals surface area contributed by atoms with Crippen LogP contribution < -0.4 is 5.32 Å². The molecule has 0 spiro atoms. The molecule has 0 bridgehead atoms. The van der Waals surface area contributed by atoms with Crippen molar-refractivity contribution in [2.75, 3.05) is 0 Å². The summed E-state index contributed by atoms with van der Waals surface area (Å²) in [5.41, 5.74) is -1.03. The fourth-order valence-corrected chi connectivity index (χ4v) is 1.06. The SMILES string of the molecule is [2H]C([2H])(C(NC(=O)OC(C)(C)C)C(O)C#N)C1([2H])C([2H])([2H])C([2H])([2H])C1([2H])[2H]. The van der Waals surface area contributed by atoms with Gasteiger partial charge in [0.1, 0.15) is 5.60 Å². The number of nitrogens with zero attached hydrogens (tertiary/aromatic N) is 1. The summed E-state index contributed by atoms with van der Waals surface area (Å²) in [5.74, 6) is -3.39. The summed E-state index contributed by atoms with van der Waals surface area (Å²) in [6.07, 6.45) is -16.9. The number of aliphatic hydroxyl groups excluding tert-OH is 1. The average Bonchev–Trinajstić information content (AvgIpc) is 2.47. The Morgan fingerprint density at radius 1 is 1.78 bits per heavy atom. The number of ether oxygens (including phenoxy) is 1. The highest BCUT2D eigenvalue weighted by atomic mass is 16.6. The summed E-state index contributed by atoms with van der Waals surface area (Å²) >= 11 is 0. The van der Waals surface area contributed by atoms with Gasteiger partial charge in [0.25, 0.3) is 0 Å². The lowest BCUT2D eigenvalue weighted by Gasteiger charge is -2.31. The highest BCUT2D eigenvalue weighted by Gasteiger charge is 2.29. The van der Waals surface area contributed by atoms with E-state index < -0.39 is 55.2 Å². The van der Waals surface area contributed by atoms with Crippen molar-refractivity contribution >= 4 is 6.09 Å². The van der Waals surface area contributed by atoms with Gasteiger partial charge < -0.3 is 15.2 Å². The van der Waals surface area contributed by atoms with Crippen molar-refractivity contribution in [3.05, 3.63) is 0 Å². The Bertz CT molecular complexity index is 636. The minimum Gasteiger partial charge on any atom is -0.444 e. The minimum atomic E-state index is -3.41. The first-order valence-corrected chi connectivity index (χ1v) is 5.29. The molecule has 18 heavy (non-hydrogen) atoms. The Balaban J connectivity index is 3.41. The van der Waals surface area contributed by atoms with E-state index >= 15 is 0 Å². The van der Waals surface area contributed by atoms with Crippen LogP contribution in [0.3, 0.4) is 0 Å². The number of hydrogen-bond acceptors (Lipinski definition) is 4. The highest BCUT2D eigenvalue weighted by Crippen LogP contribution is 2.31. The lowest BCUT2D eigenvalue weighted by Crippen LogP contribution is -2.46. The predicted molar refractivity (Wildman–Crippen MR) is 66.7 cm³/mol. The molecule has 1 aliphatic carbocycles. The lowest BCUT2D eigenvalue weighted by molar-refractivity contribution is 0.0432. The molecule has 0 radical (unpaired) electrons. The Morgan fingerprint density at radius 2 is 2.39 bits per heavy atom. The average molecular weight is 263 g/mol. The number of carbonyl (C=O) groups is 1. The number of alkyl carbamates (subject to hydrolysis) is 1. The van der Waals surface area contributed by atoms with Gasteiger partial charge in [0.2, 0.25) is 0 Å². The third kappa shape index (κ3) is 4.92. The first-order valence-electron chi connectivity index (χ1n) is 9.79. The number of carbonyl (C=O) groups excluding carboxylic acids is 1. The molecule has 2 N–H and O–H groups in total. The van der Waals surface area contributed by atoms with Crippen LogP contribution in [-0.2, 0) is 4.74 Å². The zero-order valence-corrected chi connectivity index (χ0v) is 10.4. The molecule has 0 aromatic heterocycles. The van der Waals surface area contributed by atoms with E-state index in [0.717, 1.165) is 0 Å². The quantitative estimate of drug-likeness (QED) is 0.759. The van der Waals surface area contributed by atoms with Crippen molar-refractivity contribution in [3.8, 4) is 6.07 Å². The second kappa shape index (κ2) is 6.05. The molecule has 5 heteroatoms. The molecule has 0 aliphatic heterocycles. The fourth-order valence-electron chi connectivity index (χ4n) is 1.06. The van der Waals surface area contributed by atoms with E-state index in [4.69, 9.17) is 22.3 Å². The first-order chi connectivity index (χ1) is 11.7. The van der Waals surface area contributed by atoms with Gasteiger partial charge in [-0.25, -0.2) is 4.79 Å². The van der Waals surface area contributed by atoms with Gasteiger partial charge in [-0.15, -0.1) is 0 Å². The Kier molecular flexibility index (Phi) is 2.10. The molecular formula is C13H22N2O3. The summed E-state index contributed by atoms with van der Waals surface area (Å²) in [6.45, 7) is 4.46. The van der Waals surface area contributed by atoms with Gasteiger partial charge >= 0.3 is 6.09 Å². The molecule has 5 nitrogen and oxygen atoms in total. The molecule has 0 saturated heterocycles. The number of nitrogens with one attached hydrogen (secondary N) is 1. The molecule has 1 fully saturated rings. The maximum atomic E-state index is 12.0. The third-order valence-corrected chi connectivity index (χ3v) is 1.80. The number of nitriles is 1. The maximum Gasteiger partial charge on any atom is 0.407 e. The summed E-state index contributed by atoms with van der Waals surface area (Å²) < 4.78 is 75.5. The zero-order chi connectivity index (χ0) is 21.9. The van der Waals surface area contributed by atoms with E-state index in [1.165, 1.54) is 26.8 Å². The lowest BCUT2D eigenvalue weighted by atomic mass is 9.80. The van der Waals surface area contributed by atoms with Gasteiger partial charge in [-0.05, 0) is 33.0 Å². The highest BCUT2D eigenvalue weighted by molar-refractivity contribution is 5.68. The van der Waals surface area contributed by atoms with E-state index in [-0.39, 0.29) is 0 Å². The van der Waals surface area contributed by atoms with E-state index in [2.05, 4.69) is 0 Å². The monoisotopic (exact) mass is 263 g/mol. The van der Waals surface area contributed by atoms with Crippen molar-refractivity contribution < 1.29 is 27.0 Å². The van der Waals surface area contributed by atoms with Gasteiger partial charge in [0.05, 0.1) is 12.1 Å². The van der Waals surface area contributed by atoms with Gasteiger partial charge in [0, 0.05) is 12.3 Å². The molecular weight excluding hydrogens is 232 g/mol. The predicted octanol–water partition coefficient (Wildman–Crippen LogP) is 1.95. The van der Waals surface area contributed by atoms with Crippen LogP contribution in [0.1, 0.15) is 58.6 Å². The molecule has 102 valence electrons. The van der Waals surface area contributed by atoms with Gasteiger partial charge in [0.15, 0.2) is 6.10 Å². The molecule has 1 amide bonds. The van der Waals surface area contributed by atoms with Crippen LogP contribution in [0.2, 0.25) is 0 Å². The molecule has 2 unspecified atom stereocenters. The van der Waals surface area contributed by atoms with Crippen LogP contribution in [0.15, 0.2) is 0 Å². The van der Waals surface area contributed by atoms with Gasteiger partial charge in [-0.2, -0.15) is 5.26 Å². The topological polar surface area (TPSA) is 82.3 Å². The van der Waals surface area contributed by atoms with Crippen molar-refractivity contribution in [3.63, 3.8) is 0 Å². The zero-order valence-electron chi connectivity index (χ0n) is 19.4. The molecule has 1 saturated carbocycles. The van der Waals surface area contributed by atoms with E-state index in [9.17, 15) is 9.90 Å². The summed E-state index contributed by atoms with van der Waals surface area (Å²) in [6, 6.07) is -1.01. The van der Waals surface area contributed by atoms with Gasteiger partial charge in [-0.1, -0.05) is 19.1 Å². The van der Waals surface area contributed by atoms with Crippen LogP contribution in [0, 0.1) is 17.2 Å². The Hall–Kier alpha value is -1.28. The van der Waals surface area contributed by atoms with E-state index in [1.807, 2.05) is 5.32 Å². The van der Waals surface area contributed by atoms with Crippen LogP contribution in [0.25, 0.3) is 0 Å². The second-order valence-corrected chi connectivity index (χ2v) is 4.59. The number of hydrogen-bond donors (Lipinski definition) is 2. The summed E-state index contributed by atoms with van der Waals surface area (Å²) in [7, 11) is 0. The molecule has 0 heterocycles. The van der Waals surface area contributed by atoms with Crippen molar-refractivity contribution in [2.45, 2.75) is 64.0 Å². The van der Waals surface area contributed by atoms with Crippen molar-refractivity contribution in [1.82, 2.24) is 5.32 Å². The Morgan fingerprint density at radius 3 is 2.89 bits per heavy atom. The number of amides is 1. The minimum absolute atomic E-state index is 1.03. The van der Waals surface area contributed by atoms with Crippen molar-refractivity contribution in [2.24, 2.45) is 5.89 Å². The summed E-state index contributed by atoms with van der Waals surface area (Å²) in [4.78, 5) is 12.0. The molecule has 0 aromatic rings. The molecule has 0 aromatic carbocycles.